The molecule has 0 spiro atoms. The zero-order chi connectivity index (χ0) is 32.6. The van der Waals surface area contributed by atoms with E-state index in [1.165, 1.54) is 11.8 Å². The molecule has 0 saturated carbocycles. The highest BCUT2D eigenvalue weighted by Gasteiger charge is 2.51. The van der Waals surface area contributed by atoms with Crippen molar-refractivity contribution in [1.82, 2.24) is 20.9 Å². The van der Waals surface area contributed by atoms with Crippen molar-refractivity contribution in [2.75, 3.05) is 5.75 Å². The molecule has 6 atom stereocenters. The number of hydrogen-bond acceptors (Lipinski definition) is 7. The summed E-state index contributed by atoms with van der Waals surface area (Å²) < 4.78 is 0. The quantitative estimate of drug-likeness (QED) is 0.0967. The Labute approximate surface area is 273 Å². The molecular weight excluding hydrogens is 613 g/mol. The summed E-state index contributed by atoms with van der Waals surface area (Å²) in [5, 5.41) is 41.6. The second-order valence-electron chi connectivity index (χ2n) is 12.4. The molecule has 7 N–H and O–H groups in total. The van der Waals surface area contributed by atoms with E-state index < -0.39 is 18.2 Å². The molecule has 10 nitrogen and oxygen atoms in total. The fraction of sp³-hybridized carbons (Fsp3) is 0.485. The Balaban J connectivity index is 1.50. The molecule has 4 aliphatic rings. The number of aliphatic hydroxyl groups excluding tert-OH is 1. The number of aliphatic hydroxyl groups is 1. The van der Waals surface area contributed by atoms with Crippen LogP contribution in [-0.4, -0.2) is 67.5 Å². The van der Waals surface area contributed by atoms with E-state index in [9.17, 15) is 29.7 Å². The van der Waals surface area contributed by atoms with Gasteiger partial charge in [0.25, 0.3) is 5.91 Å². The van der Waals surface area contributed by atoms with Crippen molar-refractivity contribution in [2.45, 2.75) is 83.4 Å². The number of nitrogens with one attached hydrogen (secondary N) is 4. The molecule has 0 bridgehead atoms. The lowest BCUT2D eigenvalue weighted by molar-refractivity contribution is -0.138. The van der Waals surface area contributed by atoms with Crippen LogP contribution in [0.4, 0.5) is 0 Å². The SMILES string of the molecule is CC1=C(CCC(=O)O)/C(=C/c2[nH]c(/C=C3\NC(O)[C@H](C)[C@H]3[C@@H]3C[SH+]3)c(C)c2CCC(=O)O)NC1C[C@H]1NC(=O)C(/C=C\S)=C1C. The van der Waals surface area contributed by atoms with Crippen molar-refractivity contribution in [3.8, 4) is 0 Å². The maximum Gasteiger partial charge on any atom is 0.303 e. The Morgan fingerprint density at radius 1 is 0.978 bits per heavy atom. The Morgan fingerprint density at radius 2 is 1.64 bits per heavy atom. The van der Waals surface area contributed by atoms with Crippen molar-refractivity contribution in [3.05, 3.63) is 67.7 Å². The molecule has 0 aromatic carbocycles. The molecule has 1 aromatic heterocycles. The highest BCUT2D eigenvalue weighted by atomic mass is 32.2. The minimum Gasteiger partial charge on any atom is -0.481 e. The molecule has 5 heterocycles. The standard InChI is InChI=1S/C33H42N4O6S2/c1-15-19(5-7-29(38)39)25(34-22(15)11-24-17(3)21(9-10-44)33(43)36-24)13-26-20(6-8-30(40)41)16(2)23(35-26)12-27-31(28-14-45-28)18(4)32(42)37-27/h9-10,12-13,18,22,24,28,31-32,34-35,37,42,44H,5-8,11,14H2,1-4H3,(H,36,43)(H,38,39)(H,40,41)/p+1/b10-9-,25-13-,27-12-/t18-,22?,24-,28+,31-,32?/m1/s1. The third-order valence-electron chi connectivity index (χ3n) is 9.63. The summed E-state index contributed by atoms with van der Waals surface area (Å²) >= 11 is 5.52. The van der Waals surface area contributed by atoms with E-state index >= 15 is 0 Å². The summed E-state index contributed by atoms with van der Waals surface area (Å²) in [6.45, 7) is 7.97. The first-order valence-corrected chi connectivity index (χ1v) is 17.0. The first-order chi connectivity index (χ1) is 21.4. The number of aromatic amines is 1. The molecule has 12 heteroatoms. The molecule has 45 heavy (non-hydrogen) atoms. The smallest absolute Gasteiger partial charge is 0.303 e. The molecule has 0 radical (unpaired) electrons. The Hall–Kier alpha value is -3.35. The van der Waals surface area contributed by atoms with Gasteiger partial charge in [-0.1, -0.05) is 6.92 Å². The number of carboxylic acid groups (broad SMARTS) is 2. The van der Waals surface area contributed by atoms with Gasteiger partial charge in [-0.05, 0) is 103 Å². The van der Waals surface area contributed by atoms with Gasteiger partial charge in [-0.25, -0.2) is 0 Å². The number of allylic oxidation sites excluding steroid dienone is 2. The largest absolute Gasteiger partial charge is 0.481 e. The Kier molecular flexibility index (Phi) is 9.95. The lowest BCUT2D eigenvalue weighted by Crippen LogP contribution is -2.36. The van der Waals surface area contributed by atoms with Gasteiger partial charge in [-0.2, -0.15) is 12.6 Å². The van der Waals surface area contributed by atoms with E-state index in [2.05, 4.69) is 46.6 Å². The summed E-state index contributed by atoms with van der Waals surface area (Å²) in [6.07, 6.45) is 6.28. The second-order valence-corrected chi connectivity index (χ2v) is 14.1. The molecule has 1 aromatic rings. The number of aliphatic carboxylic acids is 2. The fourth-order valence-corrected chi connectivity index (χ4v) is 8.02. The molecule has 5 rings (SSSR count). The number of hydrogen-bond donors (Lipinski definition) is 8. The molecule has 0 aliphatic carbocycles. The lowest BCUT2D eigenvalue weighted by Gasteiger charge is -2.20. The lowest BCUT2D eigenvalue weighted by atomic mass is 9.91. The van der Waals surface area contributed by atoms with Crippen LogP contribution in [0, 0.1) is 18.8 Å². The van der Waals surface area contributed by atoms with Gasteiger partial charge in [0.2, 0.25) is 0 Å². The fourth-order valence-electron chi connectivity index (χ4n) is 6.86. The number of carbonyl (C=O) groups is 3. The average molecular weight is 656 g/mol. The molecule has 2 saturated heterocycles. The van der Waals surface area contributed by atoms with Gasteiger partial charge in [-0.15, -0.1) is 0 Å². The molecule has 4 aliphatic heterocycles. The molecular formula is C33H43N4O6S2+. The number of rotatable bonds is 12. The summed E-state index contributed by atoms with van der Waals surface area (Å²) in [7, 11) is 0. The first-order valence-electron chi connectivity index (χ1n) is 15.4. The van der Waals surface area contributed by atoms with Crippen LogP contribution in [0.15, 0.2) is 45.2 Å². The van der Waals surface area contributed by atoms with Crippen molar-refractivity contribution in [1.29, 1.82) is 0 Å². The van der Waals surface area contributed by atoms with Gasteiger partial charge in [0.15, 0.2) is 11.0 Å². The number of aromatic nitrogens is 1. The van der Waals surface area contributed by atoms with Crippen molar-refractivity contribution >= 4 is 54.4 Å². The maximum atomic E-state index is 12.6. The van der Waals surface area contributed by atoms with Crippen LogP contribution in [0.5, 0.6) is 0 Å². The summed E-state index contributed by atoms with van der Waals surface area (Å²) in [4.78, 5) is 39.3. The van der Waals surface area contributed by atoms with Crippen LogP contribution < -0.4 is 16.0 Å². The predicted molar refractivity (Wildman–Crippen MR) is 181 cm³/mol. The van der Waals surface area contributed by atoms with E-state index in [1.807, 2.05) is 26.8 Å². The predicted octanol–water partition coefficient (Wildman–Crippen LogP) is 3.19. The van der Waals surface area contributed by atoms with E-state index in [1.54, 1.807) is 11.5 Å². The summed E-state index contributed by atoms with van der Waals surface area (Å²) in [6, 6.07) is -0.319. The summed E-state index contributed by atoms with van der Waals surface area (Å²) in [5.74, 6) is -0.467. The van der Waals surface area contributed by atoms with Crippen LogP contribution in [0.1, 0.15) is 69.0 Å². The van der Waals surface area contributed by atoms with Crippen LogP contribution in [0.25, 0.3) is 12.2 Å². The number of amides is 1. The second kappa shape index (κ2) is 13.6. The molecule has 242 valence electrons. The highest BCUT2D eigenvalue weighted by Crippen LogP contribution is 2.40. The topological polar surface area (TPSA) is 164 Å². The highest BCUT2D eigenvalue weighted by molar-refractivity contribution is 7.86. The number of carboxylic acids is 2. The average Bonchev–Trinajstić information content (AvgIpc) is 3.56. The number of carbonyl (C=O) groups excluding carboxylic acids is 1. The Morgan fingerprint density at radius 3 is 2.29 bits per heavy atom. The number of H-pyrrole nitrogens is 1. The van der Waals surface area contributed by atoms with Crippen molar-refractivity contribution < 1.29 is 29.7 Å². The molecule has 2 unspecified atom stereocenters. The molecule has 2 fully saturated rings. The van der Waals surface area contributed by atoms with Gasteiger partial charge in [0, 0.05) is 53.2 Å². The van der Waals surface area contributed by atoms with Crippen LogP contribution >= 0.6 is 12.6 Å². The third kappa shape index (κ3) is 7.07. The van der Waals surface area contributed by atoms with E-state index in [-0.39, 0.29) is 42.7 Å². The maximum absolute atomic E-state index is 12.6. The van der Waals surface area contributed by atoms with Crippen LogP contribution in [0.3, 0.4) is 0 Å². The minimum absolute atomic E-state index is 0.0323. The van der Waals surface area contributed by atoms with Gasteiger partial charge < -0.3 is 36.3 Å². The van der Waals surface area contributed by atoms with Gasteiger partial charge in [-0.3, -0.25) is 14.4 Å². The van der Waals surface area contributed by atoms with E-state index in [0.29, 0.717) is 30.1 Å². The van der Waals surface area contributed by atoms with Gasteiger partial charge in [0.1, 0.15) is 6.23 Å². The third-order valence-corrected chi connectivity index (χ3v) is 10.9. The van der Waals surface area contributed by atoms with Crippen LogP contribution in [0.2, 0.25) is 0 Å². The Bertz CT molecular complexity index is 1550. The van der Waals surface area contributed by atoms with E-state index in [4.69, 9.17) is 0 Å². The minimum atomic E-state index is -0.889. The summed E-state index contributed by atoms with van der Waals surface area (Å²) in [5.41, 5.74) is 8.69. The monoisotopic (exact) mass is 655 g/mol. The first kappa shape index (κ1) is 33.0. The van der Waals surface area contributed by atoms with Crippen LogP contribution in [-0.2, 0) is 32.6 Å². The zero-order valence-electron chi connectivity index (χ0n) is 26.0. The molecule has 1 amide bonds. The van der Waals surface area contributed by atoms with Crippen molar-refractivity contribution in [2.24, 2.45) is 11.8 Å². The number of thiol groups is 2. The normalized spacial score (nSPS) is 29.7. The van der Waals surface area contributed by atoms with E-state index in [0.717, 1.165) is 56.4 Å². The van der Waals surface area contributed by atoms with Gasteiger partial charge >= 0.3 is 11.9 Å². The van der Waals surface area contributed by atoms with Crippen molar-refractivity contribution in [3.63, 3.8) is 0 Å². The van der Waals surface area contributed by atoms with Gasteiger partial charge in [0.05, 0.1) is 12.0 Å². The zero-order valence-corrected chi connectivity index (χ0v) is 27.8.